The molecule has 0 aliphatic heterocycles. The van der Waals surface area contributed by atoms with Crippen molar-refractivity contribution in [2.24, 2.45) is 5.73 Å². The van der Waals surface area contributed by atoms with Crippen LogP contribution in [0.2, 0.25) is 0 Å². The van der Waals surface area contributed by atoms with Crippen LogP contribution in [0.5, 0.6) is 0 Å². The number of halogens is 4. The van der Waals surface area contributed by atoms with Crippen molar-refractivity contribution in [2.75, 3.05) is 6.54 Å². The largest absolute Gasteiger partial charge is 0.405 e. The Hall–Kier alpha value is -0.600. The van der Waals surface area contributed by atoms with Crippen LogP contribution in [0, 0.1) is 0 Å². The van der Waals surface area contributed by atoms with Gasteiger partial charge in [0.1, 0.15) is 0 Å². The molecule has 1 atom stereocenters. The molecule has 0 bridgehead atoms. The third-order valence-corrected chi connectivity index (χ3v) is 5.02. The standard InChI is InChI=1S/C10H11BrF3NO2S/c11-7-1-3-8(4-2-7)18(16,17)9(5-6-15)10(12,13)14/h1-4,9H,5-6,15H2. The SMILES string of the molecule is NCCC(C(F)(F)F)S(=O)(=O)c1ccc(Br)cc1. The maximum absolute atomic E-state index is 12.7. The van der Waals surface area contributed by atoms with Gasteiger partial charge in [0.2, 0.25) is 0 Å². The van der Waals surface area contributed by atoms with Crippen molar-refractivity contribution in [3.05, 3.63) is 28.7 Å². The fourth-order valence-corrected chi connectivity index (χ4v) is 3.34. The molecule has 0 aliphatic rings. The Labute approximate surface area is 111 Å². The van der Waals surface area contributed by atoms with E-state index in [2.05, 4.69) is 15.9 Å². The second-order valence-electron chi connectivity index (χ2n) is 3.61. The first kappa shape index (κ1) is 15.5. The summed E-state index contributed by atoms with van der Waals surface area (Å²) >= 11 is 3.08. The number of sulfone groups is 1. The van der Waals surface area contributed by atoms with Gasteiger partial charge in [0, 0.05) is 4.47 Å². The Balaban J connectivity index is 3.21. The fourth-order valence-electron chi connectivity index (χ4n) is 1.43. The van der Waals surface area contributed by atoms with Crippen LogP contribution in [-0.4, -0.2) is 26.4 Å². The molecule has 18 heavy (non-hydrogen) atoms. The molecule has 0 aromatic heterocycles. The molecule has 1 unspecified atom stereocenters. The van der Waals surface area contributed by atoms with Crippen molar-refractivity contribution in [3.8, 4) is 0 Å². The normalized spacial score (nSPS) is 14.5. The first-order valence-electron chi connectivity index (χ1n) is 4.96. The van der Waals surface area contributed by atoms with Crippen molar-refractivity contribution in [3.63, 3.8) is 0 Å². The van der Waals surface area contributed by atoms with Crippen molar-refractivity contribution in [1.29, 1.82) is 0 Å². The Kier molecular flexibility index (Phi) is 4.79. The number of alkyl halides is 3. The van der Waals surface area contributed by atoms with Crippen molar-refractivity contribution >= 4 is 25.8 Å². The average Bonchev–Trinajstić information content (AvgIpc) is 2.24. The molecule has 3 nitrogen and oxygen atoms in total. The second kappa shape index (κ2) is 5.58. The van der Waals surface area contributed by atoms with E-state index in [4.69, 9.17) is 5.73 Å². The van der Waals surface area contributed by atoms with Crippen molar-refractivity contribution in [2.45, 2.75) is 22.7 Å². The van der Waals surface area contributed by atoms with Gasteiger partial charge in [0.15, 0.2) is 15.1 Å². The van der Waals surface area contributed by atoms with E-state index in [-0.39, 0.29) is 11.4 Å². The van der Waals surface area contributed by atoms with Crippen LogP contribution < -0.4 is 5.73 Å². The molecular weight excluding hydrogens is 335 g/mol. The topological polar surface area (TPSA) is 60.2 Å². The van der Waals surface area contributed by atoms with E-state index in [9.17, 15) is 21.6 Å². The van der Waals surface area contributed by atoms with Crippen LogP contribution in [0.1, 0.15) is 6.42 Å². The molecular formula is C10H11BrF3NO2S. The number of hydrogen-bond acceptors (Lipinski definition) is 3. The van der Waals surface area contributed by atoms with Gasteiger partial charge in [0.05, 0.1) is 4.90 Å². The van der Waals surface area contributed by atoms with Crippen molar-refractivity contribution in [1.82, 2.24) is 0 Å². The van der Waals surface area contributed by atoms with Crippen LogP contribution in [0.25, 0.3) is 0 Å². The Morgan fingerprint density at radius 1 is 1.22 bits per heavy atom. The van der Waals surface area contributed by atoms with Gasteiger partial charge in [-0.25, -0.2) is 8.42 Å². The zero-order chi connectivity index (χ0) is 14.0. The molecule has 0 saturated heterocycles. The predicted octanol–water partition coefficient (Wildman–Crippen LogP) is 2.50. The highest BCUT2D eigenvalue weighted by atomic mass is 79.9. The minimum absolute atomic E-state index is 0.347. The van der Waals surface area contributed by atoms with E-state index < -0.39 is 27.7 Å². The Morgan fingerprint density at radius 2 is 1.72 bits per heavy atom. The lowest BCUT2D eigenvalue weighted by molar-refractivity contribution is -0.131. The fraction of sp³-hybridized carbons (Fsp3) is 0.400. The molecule has 0 aliphatic carbocycles. The molecule has 1 rings (SSSR count). The summed E-state index contributed by atoms with van der Waals surface area (Å²) in [5, 5.41) is -2.46. The van der Waals surface area contributed by atoms with Gasteiger partial charge < -0.3 is 5.73 Å². The summed E-state index contributed by atoms with van der Waals surface area (Å²) in [7, 11) is -4.46. The van der Waals surface area contributed by atoms with Crippen molar-refractivity contribution < 1.29 is 21.6 Å². The molecule has 0 spiro atoms. The molecule has 8 heteroatoms. The molecule has 1 aromatic rings. The Morgan fingerprint density at radius 3 is 2.11 bits per heavy atom. The molecule has 2 N–H and O–H groups in total. The Bertz CT molecular complexity index is 499. The van der Waals surface area contributed by atoms with Crippen LogP contribution >= 0.6 is 15.9 Å². The van der Waals surface area contributed by atoms with Gasteiger partial charge in [-0.2, -0.15) is 13.2 Å². The first-order valence-corrected chi connectivity index (χ1v) is 7.29. The monoisotopic (exact) mass is 345 g/mol. The molecule has 0 radical (unpaired) electrons. The number of rotatable bonds is 4. The van der Waals surface area contributed by atoms with E-state index in [0.29, 0.717) is 4.47 Å². The first-order chi connectivity index (χ1) is 8.19. The highest BCUT2D eigenvalue weighted by molar-refractivity contribution is 9.10. The smallest absolute Gasteiger partial charge is 0.330 e. The van der Waals surface area contributed by atoms with E-state index in [0.717, 1.165) is 12.1 Å². The summed E-state index contributed by atoms with van der Waals surface area (Å²) in [4.78, 5) is -0.360. The van der Waals surface area contributed by atoms with Gasteiger partial charge in [-0.1, -0.05) is 15.9 Å². The molecule has 102 valence electrons. The highest BCUT2D eigenvalue weighted by Crippen LogP contribution is 2.32. The van der Waals surface area contributed by atoms with Gasteiger partial charge in [-0.05, 0) is 37.2 Å². The third-order valence-electron chi connectivity index (χ3n) is 2.31. The molecule has 0 amide bonds. The summed E-state index contributed by atoms with van der Waals surface area (Å²) < 4.78 is 62.5. The zero-order valence-electron chi connectivity index (χ0n) is 9.11. The van der Waals surface area contributed by atoms with Gasteiger partial charge in [0.25, 0.3) is 0 Å². The number of hydrogen-bond donors (Lipinski definition) is 1. The summed E-state index contributed by atoms with van der Waals surface area (Å²) in [5.74, 6) is 0. The molecule has 0 saturated carbocycles. The molecule has 0 heterocycles. The minimum atomic E-state index is -4.83. The van der Waals surface area contributed by atoms with Gasteiger partial charge in [-0.3, -0.25) is 0 Å². The maximum atomic E-state index is 12.7. The molecule has 1 aromatic carbocycles. The second-order valence-corrected chi connectivity index (χ2v) is 6.65. The van der Waals surface area contributed by atoms with E-state index in [1.54, 1.807) is 0 Å². The lowest BCUT2D eigenvalue weighted by Crippen LogP contribution is -2.38. The lowest BCUT2D eigenvalue weighted by Gasteiger charge is -2.20. The van der Waals surface area contributed by atoms with Crippen LogP contribution in [0.15, 0.2) is 33.6 Å². The summed E-state index contributed by atoms with van der Waals surface area (Å²) in [5.41, 5.74) is 5.05. The van der Waals surface area contributed by atoms with E-state index >= 15 is 0 Å². The maximum Gasteiger partial charge on any atom is 0.405 e. The summed E-state index contributed by atoms with van der Waals surface area (Å²) in [6, 6.07) is 5.02. The third kappa shape index (κ3) is 3.46. The van der Waals surface area contributed by atoms with Crippen LogP contribution in [-0.2, 0) is 9.84 Å². The van der Waals surface area contributed by atoms with Crippen LogP contribution in [0.3, 0.4) is 0 Å². The highest BCUT2D eigenvalue weighted by Gasteiger charge is 2.48. The van der Waals surface area contributed by atoms with Crippen LogP contribution in [0.4, 0.5) is 13.2 Å². The van der Waals surface area contributed by atoms with Gasteiger partial charge in [-0.15, -0.1) is 0 Å². The van der Waals surface area contributed by atoms with E-state index in [1.165, 1.54) is 12.1 Å². The van der Waals surface area contributed by atoms with Gasteiger partial charge >= 0.3 is 6.18 Å². The lowest BCUT2D eigenvalue weighted by atomic mass is 10.3. The quantitative estimate of drug-likeness (QED) is 0.911. The average molecular weight is 346 g/mol. The number of nitrogens with two attached hydrogens (primary N) is 1. The van der Waals surface area contributed by atoms with E-state index in [1.807, 2.05) is 0 Å². The zero-order valence-corrected chi connectivity index (χ0v) is 11.5. The predicted molar refractivity (Wildman–Crippen MR) is 64.8 cm³/mol. The minimum Gasteiger partial charge on any atom is -0.330 e. The summed E-state index contributed by atoms with van der Waals surface area (Å²) in [6.45, 7) is -0.347. The molecule has 0 fully saturated rings. The summed E-state index contributed by atoms with van der Waals surface area (Å²) in [6.07, 6.45) is -5.48. The number of benzene rings is 1.